The highest BCUT2D eigenvalue weighted by atomic mass is 19.4. The van der Waals surface area contributed by atoms with Crippen LogP contribution in [-0.4, -0.2) is 5.71 Å². The Kier molecular flexibility index (Phi) is 5.38. The van der Waals surface area contributed by atoms with E-state index in [1.807, 2.05) is 0 Å². The van der Waals surface area contributed by atoms with Crippen LogP contribution in [-0.2, 0) is 6.18 Å². The van der Waals surface area contributed by atoms with Crippen molar-refractivity contribution >= 4 is 11.4 Å². The fraction of sp³-hybridized carbons (Fsp3) is 0.0625. The molecule has 0 saturated carbocycles. The molecule has 0 heterocycles. The van der Waals surface area contributed by atoms with Crippen LogP contribution in [0.5, 0.6) is 11.5 Å². The number of rotatable bonds is 4. The lowest BCUT2D eigenvalue weighted by Crippen LogP contribution is -2.07. The summed E-state index contributed by atoms with van der Waals surface area (Å²) in [7, 11) is 0. The highest BCUT2D eigenvalue weighted by molar-refractivity contribution is 6.10. The Hall–Kier alpha value is -3.66. The van der Waals surface area contributed by atoms with Gasteiger partial charge >= 0.3 is 6.18 Å². The molecule has 0 aliphatic carbocycles. The summed E-state index contributed by atoms with van der Waals surface area (Å²) in [5, 5.41) is 20.5. The lowest BCUT2D eigenvalue weighted by atomic mass is 10.2. The third-order valence-electron chi connectivity index (χ3n) is 2.91. The molecule has 2 rings (SSSR count). The molecule has 1 N–H and O–H groups in total. The van der Waals surface area contributed by atoms with E-state index < -0.39 is 34.8 Å². The Morgan fingerprint density at radius 1 is 1.00 bits per heavy atom. The van der Waals surface area contributed by atoms with Crippen molar-refractivity contribution in [1.82, 2.24) is 0 Å². The number of benzene rings is 2. The second-order valence-corrected chi connectivity index (χ2v) is 4.69. The third kappa shape index (κ3) is 4.45. The number of alkyl halides is 3. The zero-order chi connectivity index (χ0) is 19.3. The van der Waals surface area contributed by atoms with Gasteiger partial charge in [-0.05, 0) is 36.4 Å². The Morgan fingerprint density at radius 2 is 1.54 bits per heavy atom. The van der Waals surface area contributed by atoms with E-state index in [0.29, 0.717) is 5.69 Å². The van der Waals surface area contributed by atoms with Crippen molar-refractivity contribution in [2.45, 2.75) is 6.18 Å². The van der Waals surface area contributed by atoms with E-state index in [9.17, 15) is 22.0 Å². The Balaban J connectivity index is 2.19. The van der Waals surface area contributed by atoms with Crippen LogP contribution in [0.1, 0.15) is 5.56 Å². The number of nitrogens with zero attached hydrogens (tertiary/aromatic N) is 3. The Morgan fingerprint density at radius 3 is 2.00 bits per heavy atom. The van der Waals surface area contributed by atoms with Crippen LogP contribution < -0.4 is 10.2 Å². The van der Waals surface area contributed by atoms with E-state index in [4.69, 9.17) is 15.3 Å². The minimum absolute atomic E-state index is 0.0575. The molecule has 2 aromatic rings. The van der Waals surface area contributed by atoms with Gasteiger partial charge in [-0.15, -0.1) is 0 Å². The smallest absolute Gasteiger partial charge is 0.416 e. The molecular formula is C16H7F5N4O. The summed E-state index contributed by atoms with van der Waals surface area (Å²) in [5.74, 6) is -4.04. The lowest BCUT2D eigenvalue weighted by molar-refractivity contribution is -0.138. The van der Waals surface area contributed by atoms with Crippen molar-refractivity contribution in [3.63, 3.8) is 0 Å². The molecule has 0 atom stereocenters. The summed E-state index contributed by atoms with van der Waals surface area (Å²) in [6.45, 7) is 0. The molecule has 0 aromatic heterocycles. The maximum Gasteiger partial charge on any atom is 0.416 e. The monoisotopic (exact) mass is 366 g/mol. The zero-order valence-electron chi connectivity index (χ0n) is 12.6. The average molecular weight is 366 g/mol. The molecule has 0 radical (unpaired) electrons. The standard InChI is InChI=1S/C16H7F5N4O/c17-13-5-9(16(19,20)21)6-14(18)15(13)26-12-3-1-10(2-4-12)24-25-11(7-22)8-23/h1-6,24H. The molecule has 0 unspecified atom stereocenters. The van der Waals surface area contributed by atoms with Crippen LogP contribution in [0, 0.1) is 34.3 Å². The van der Waals surface area contributed by atoms with Gasteiger partial charge in [0.2, 0.25) is 5.71 Å². The first-order valence-corrected chi connectivity index (χ1v) is 6.72. The van der Waals surface area contributed by atoms with E-state index in [-0.39, 0.29) is 17.9 Å². The third-order valence-corrected chi connectivity index (χ3v) is 2.91. The topological polar surface area (TPSA) is 81.2 Å². The van der Waals surface area contributed by atoms with Gasteiger partial charge in [-0.25, -0.2) is 8.78 Å². The van der Waals surface area contributed by atoms with E-state index in [1.165, 1.54) is 36.4 Å². The predicted molar refractivity (Wildman–Crippen MR) is 80.2 cm³/mol. The van der Waals surface area contributed by atoms with Crippen molar-refractivity contribution in [2.24, 2.45) is 5.10 Å². The predicted octanol–water partition coefficient (Wildman–Crippen LogP) is 4.59. The van der Waals surface area contributed by atoms with Crippen molar-refractivity contribution in [3.8, 4) is 23.6 Å². The van der Waals surface area contributed by atoms with Crippen molar-refractivity contribution in [1.29, 1.82) is 10.5 Å². The van der Waals surface area contributed by atoms with E-state index in [1.54, 1.807) is 0 Å². The van der Waals surface area contributed by atoms with Gasteiger partial charge in [0.25, 0.3) is 0 Å². The fourth-order valence-corrected chi connectivity index (χ4v) is 1.73. The minimum Gasteiger partial charge on any atom is -0.451 e. The van der Waals surface area contributed by atoms with Crippen LogP contribution in [0.4, 0.5) is 27.6 Å². The first-order valence-electron chi connectivity index (χ1n) is 6.72. The second kappa shape index (κ2) is 7.49. The lowest BCUT2D eigenvalue weighted by Gasteiger charge is -2.12. The van der Waals surface area contributed by atoms with Crippen molar-refractivity contribution < 1.29 is 26.7 Å². The van der Waals surface area contributed by atoms with Gasteiger partial charge in [0, 0.05) is 0 Å². The van der Waals surface area contributed by atoms with Gasteiger partial charge in [0.1, 0.15) is 17.9 Å². The molecule has 10 heteroatoms. The van der Waals surface area contributed by atoms with Gasteiger partial charge in [0.05, 0.1) is 11.3 Å². The maximum absolute atomic E-state index is 13.7. The zero-order valence-corrected chi connectivity index (χ0v) is 12.6. The van der Waals surface area contributed by atoms with Crippen LogP contribution in [0.25, 0.3) is 0 Å². The second-order valence-electron chi connectivity index (χ2n) is 4.69. The normalized spacial score (nSPS) is 10.4. The van der Waals surface area contributed by atoms with Gasteiger partial charge in [-0.3, -0.25) is 5.43 Å². The number of anilines is 1. The molecule has 26 heavy (non-hydrogen) atoms. The summed E-state index contributed by atoms with van der Waals surface area (Å²) in [6.07, 6.45) is -4.89. The van der Waals surface area contributed by atoms with Crippen LogP contribution in [0.2, 0.25) is 0 Å². The van der Waals surface area contributed by atoms with Crippen molar-refractivity contribution in [3.05, 3.63) is 53.6 Å². The minimum atomic E-state index is -4.89. The summed E-state index contributed by atoms with van der Waals surface area (Å²) in [4.78, 5) is 0. The summed E-state index contributed by atoms with van der Waals surface area (Å²) < 4.78 is 69.9. The van der Waals surface area contributed by atoms with Gasteiger partial charge in [-0.2, -0.15) is 28.8 Å². The van der Waals surface area contributed by atoms with Crippen LogP contribution in [0.15, 0.2) is 41.5 Å². The Labute approximate surface area is 143 Å². The highest BCUT2D eigenvalue weighted by Crippen LogP contribution is 2.35. The summed E-state index contributed by atoms with van der Waals surface area (Å²) in [6, 6.07) is 8.55. The quantitative estimate of drug-likeness (QED) is 0.487. The number of ether oxygens (including phenoxy) is 1. The number of hydrazone groups is 1. The molecule has 132 valence electrons. The van der Waals surface area contributed by atoms with Crippen LogP contribution >= 0.6 is 0 Å². The average Bonchev–Trinajstić information content (AvgIpc) is 2.59. The SMILES string of the molecule is N#CC(C#N)=NNc1ccc(Oc2c(F)cc(C(F)(F)F)cc2F)cc1. The Bertz CT molecular complexity index is 885. The maximum atomic E-state index is 13.7. The number of hydrogen-bond acceptors (Lipinski definition) is 5. The highest BCUT2D eigenvalue weighted by Gasteiger charge is 2.33. The molecule has 0 aliphatic heterocycles. The van der Waals surface area contributed by atoms with Gasteiger partial charge < -0.3 is 4.74 Å². The van der Waals surface area contributed by atoms with Gasteiger partial charge in [0.15, 0.2) is 17.4 Å². The molecule has 0 bridgehead atoms. The summed E-state index contributed by atoms with van der Waals surface area (Å²) >= 11 is 0. The molecule has 0 aliphatic rings. The molecule has 0 saturated heterocycles. The number of nitrogens with one attached hydrogen (secondary N) is 1. The van der Waals surface area contributed by atoms with E-state index in [0.717, 1.165) is 0 Å². The number of nitriles is 2. The number of hydrogen-bond donors (Lipinski definition) is 1. The molecular weight excluding hydrogens is 359 g/mol. The van der Waals surface area contributed by atoms with Crippen molar-refractivity contribution in [2.75, 3.05) is 5.43 Å². The van der Waals surface area contributed by atoms with E-state index >= 15 is 0 Å². The number of halogens is 5. The molecule has 0 spiro atoms. The fourth-order valence-electron chi connectivity index (χ4n) is 1.73. The first-order chi connectivity index (χ1) is 12.2. The molecule has 0 amide bonds. The molecule has 2 aromatic carbocycles. The molecule has 0 fully saturated rings. The van der Waals surface area contributed by atoms with Crippen LogP contribution in [0.3, 0.4) is 0 Å². The molecule has 5 nitrogen and oxygen atoms in total. The summed E-state index contributed by atoms with van der Waals surface area (Å²) in [5.41, 5.74) is 0.839. The first kappa shape index (κ1) is 18.7. The van der Waals surface area contributed by atoms with E-state index in [2.05, 4.69) is 10.5 Å². The largest absolute Gasteiger partial charge is 0.451 e. The van der Waals surface area contributed by atoms with Gasteiger partial charge in [-0.1, -0.05) is 0 Å².